The monoisotopic (exact) mass is 329 g/mol. The molecule has 0 aliphatic rings. The second-order valence-corrected chi connectivity index (χ2v) is 5.68. The summed E-state index contributed by atoms with van der Waals surface area (Å²) in [6.45, 7) is 3.72. The molecule has 0 fully saturated rings. The Balaban J connectivity index is 1.88. The van der Waals surface area contributed by atoms with Crippen LogP contribution >= 0.6 is 11.6 Å². The van der Waals surface area contributed by atoms with E-state index in [4.69, 9.17) is 11.6 Å². The van der Waals surface area contributed by atoms with Crippen molar-refractivity contribution >= 4 is 11.6 Å². The molecule has 0 atom stereocenters. The minimum atomic E-state index is -0.317. The zero-order valence-electron chi connectivity index (χ0n) is 12.9. The Labute approximate surface area is 138 Å². The molecule has 3 rings (SSSR count). The van der Waals surface area contributed by atoms with Crippen LogP contribution in [-0.4, -0.2) is 24.7 Å². The van der Waals surface area contributed by atoms with Crippen LogP contribution in [0.4, 0.5) is 0 Å². The summed E-state index contributed by atoms with van der Waals surface area (Å²) in [4.78, 5) is 22.4. The van der Waals surface area contributed by atoms with Crippen molar-refractivity contribution in [2.24, 2.45) is 0 Å². The van der Waals surface area contributed by atoms with Crippen LogP contribution in [0.2, 0.25) is 5.02 Å². The van der Waals surface area contributed by atoms with Gasteiger partial charge in [0.05, 0.1) is 10.7 Å². The molecule has 6 nitrogen and oxygen atoms in total. The van der Waals surface area contributed by atoms with Gasteiger partial charge in [0.2, 0.25) is 0 Å². The highest BCUT2D eigenvalue weighted by atomic mass is 35.5. The van der Waals surface area contributed by atoms with E-state index in [0.717, 1.165) is 28.5 Å². The minimum Gasteiger partial charge on any atom is -0.310 e. The number of aromatic amines is 1. The van der Waals surface area contributed by atoms with Crippen LogP contribution in [0, 0.1) is 13.8 Å². The van der Waals surface area contributed by atoms with Crippen LogP contribution in [0.25, 0.3) is 5.69 Å². The highest BCUT2D eigenvalue weighted by molar-refractivity contribution is 6.32. The fourth-order valence-corrected chi connectivity index (χ4v) is 2.84. The van der Waals surface area contributed by atoms with E-state index in [9.17, 15) is 4.79 Å². The lowest BCUT2D eigenvalue weighted by Crippen LogP contribution is -2.17. The third-order valence-corrected chi connectivity index (χ3v) is 4.07. The predicted molar refractivity (Wildman–Crippen MR) is 88.1 cm³/mol. The highest BCUT2D eigenvalue weighted by Crippen LogP contribution is 2.20. The van der Waals surface area contributed by atoms with Crippen LogP contribution in [0.15, 0.2) is 35.4 Å². The molecule has 0 amide bonds. The van der Waals surface area contributed by atoms with Gasteiger partial charge < -0.3 is 4.98 Å². The van der Waals surface area contributed by atoms with E-state index < -0.39 is 0 Å². The fraction of sp³-hybridized carbons (Fsp3) is 0.250. The van der Waals surface area contributed by atoms with E-state index >= 15 is 0 Å². The average Bonchev–Trinajstić information content (AvgIpc) is 2.95. The van der Waals surface area contributed by atoms with Crippen molar-refractivity contribution in [2.45, 2.75) is 26.7 Å². The molecule has 0 saturated carbocycles. The molecular weight excluding hydrogens is 314 g/mol. The van der Waals surface area contributed by atoms with Crippen molar-refractivity contribution in [3.05, 3.63) is 68.9 Å². The molecule has 0 aliphatic carbocycles. The summed E-state index contributed by atoms with van der Waals surface area (Å²) in [6, 6.07) is 7.51. The van der Waals surface area contributed by atoms with Gasteiger partial charge in [0, 0.05) is 17.8 Å². The first-order chi connectivity index (χ1) is 11.1. The summed E-state index contributed by atoms with van der Waals surface area (Å²) in [5.41, 5.74) is 3.09. The first-order valence-corrected chi connectivity index (χ1v) is 7.64. The number of H-pyrrole nitrogens is 1. The lowest BCUT2D eigenvalue weighted by atomic mass is 10.1. The Morgan fingerprint density at radius 2 is 2.00 bits per heavy atom. The van der Waals surface area contributed by atoms with Crippen LogP contribution in [0.1, 0.15) is 22.8 Å². The smallest absolute Gasteiger partial charge is 0.310 e. The molecule has 2 heterocycles. The summed E-state index contributed by atoms with van der Waals surface area (Å²) in [5.74, 6) is 0.808. The number of para-hydroxylation sites is 1. The Morgan fingerprint density at radius 1 is 1.22 bits per heavy atom. The largest absolute Gasteiger partial charge is 0.345 e. The molecule has 2 aromatic heterocycles. The van der Waals surface area contributed by atoms with E-state index in [1.54, 1.807) is 4.68 Å². The summed E-state index contributed by atoms with van der Waals surface area (Å²) in [6.07, 6.45) is 2.90. The summed E-state index contributed by atoms with van der Waals surface area (Å²) >= 11 is 6.23. The molecule has 0 bridgehead atoms. The molecule has 7 heteroatoms. The van der Waals surface area contributed by atoms with Gasteiger partial charge >= 0.3 is 5.69 Å². The zero-order chi connectivity index (χ0) is 16.4. The van der Waals surface area contributed by atoms with Crippen LogP contribution in [0.5, 0.6) is 0 Å². The maximum Gasteiger partial charge on any atom is 0.345 e. The van der Waals surface area contributed by atoms with Crippen molar-refractivity contribution in [3.63, 3.8) is 0 Å². The van der Waals surface area contributed by atoms with E-state index in [2.05, 4.69) is 20.1 Å². The quantitative estimate of drug-likeness (QED) is 0.797. The van der Waals surface area contributed by atoms with Crippen molar-refractivity contribution in [1.29, 1.82) is 0 Å². The van der Waals surface area contributed by atoms with Gasteiger partial charge in [0.15, 0.2) is 0 Å². The van der Waals surface area contributed by atoms with E-state index in [1.807, 2.05) is 38.1 Å². The van der Waals surface area contributed by atoms with Gasteiger partial charge in [-0.3, -0.25) is 0 Å². The average molecular weight is 330 g/mol. The molecule has 0 radical (unpaired) electrons. The van der Waals surface area contributed by atoms with Crippen LogP contribution in [-0.2, 0) is 12.8 Å². The third-order valence-electron chi connectivity index (χ3n) is 3.75. The van der Waals surface area contributed by atoms with Crippen LogP contribution < -0.4 is 5.69 Å². The first kappa shape index (κ1) is 15.4. The number of hydrogen-bond donors (Lipinski definition) is 1. The van der Waals surface area contributed by atoms with Gasteiger partial charge in [-0.2, -0.15) is 10.1 Å². The summed E-state index contributed by atoms with van der Waals surface area (Å²) in [7, 11) is 0. The Morgan fingerprint density at radius 3 is 2.74 bits per heavy atom. The molecule has 0 unspecified atom stereocenters. The number of aromatic nitrogens is 5. The molecule has 118 valence electrons. The number of hydrogen-bond acceptors (Lipinski definition) is 4. The normalized spacial score (nSPS) is 10.9. The van der Waals surface area contributed by atoms with E-state index in [1.165, 1.54) is 6.33 Å². The van der Waals surface area contributed by atoms with E-state index in [-0.39, 0.29) is 5.69 Å². The lowest BCUT2D eigenvalue weighted by Gasteiger charge is -2.10. The minimum absolute atomic E-state index is 0.317. The Kier molecular flexibility index (Phi) is 4.25. The van der Waals surface area contributed by atoms with Gasteiger partial charge in [-0.05, 0) is 38.0 Å². The molecule has 0 aliphatic heterocycles. The van der Waals surface area contributed by atoms with Gasteiger partial charge in [-0.1, -0.05) is 23.7 Å². The molecular formula is C16H16ClN5O. The molecule has 23 heavy (non-hydrogen) atoms. The maximum atomic E-state index is 11.4. The Bertz CT molecular complexity index is 873. The zero-order valence-corrected chi connectivity index (χ0v) is 13.6. The van der Waals surface area contributed by atoms with Gasteiger partial charge in [0.1, 0.15) is 12.2 Å². The molecule has 0 spiro atoms. The van der Waals surface area contributed by atoms with E-state index in [0.29, 0.717) is 17.9 Å². The van der Waals surface area contributed by atoms with Gasteiger partial charge in [-0.15, -0.1) is 0 Å². The topological polar surface area (TPSA) is 76.5 Å². The second-order valence-electron chi connectivity index (χ2n) is 5.27. The van der Waals surface area contributed by atoms with Crippen molar-refractivity contribution in [1.82, 2.24) is 24.7 Å². The number of rotatable bonds is 4. The Hall–Kier alpha value is -2.47. The number of nitrogens with one attached hydrogen (secondary N) is 1. The fourth-order valence-electron chi connectivity index (χ4n) is 2.62. The predicted octanol–water partition coefficient (Wildman–Crippen LogP) is 2.41. The van der Waals surface area contributed by atoms with Crippen LogP contribution in [0.3, 0.4) is 0 Å². The maximum absolute atomic E-state index is 11.4. The third kappa shape index (κ3) is 3.17. The number of halogens is 1. The van der Waals surface area contributed by atoms with Gasteiger partial charge in [0.25, 0.3) is 0 Å². The van der Waals surface area contributed by atoms with Crippen molar-refractivity contribution in [2.75, 3.05) is 0 Å². The van der Waals surface area contributed by atoms with Crippen molar-refractivity contribution < 1.29 is 0 Å². The summed E-state index contributed by atoms with van der Waals surface area (Å²) < 4.78 is 1.74. The number of aryl methyl sites for hydroxylation is 3. The first-order valence-electron chi connectivity index (χ1n) is 7.26. The SMILES string of the molecule is Cc1nc(=O)[nH]c(C)c1CCc1ncnn1-c1ccccc1Cl. The van der Waals surface area contributed by atoms with Crippen molar-refractivity contribution in [3.8, 4) is 5.69 Å². The number of benzene rings is 1. The molecule has 3 aromatic rings. The standard InChI is InChI=1S/C16H16ClN5O/c1-10-12(11(2)21-16(23)20-10)7-8-15-18-9-19-22(15)14-6-4-3-5-13(14)17/h3-6,9H,7-8H2,1-2H3,(H,20,21,23). The number of nitrogens with zero attached hydrogens (tertiary/aromatic N) is 4. The molecule has 1 aromatic carbocycles. The second kappa shape index (κ2) is 6.34. The molecule has 0 saturated heterocycles. The van der Waals surface area contributed by atoms with Gasteiger partial charge in [-0.25, -0.2) is 14.5 Å². The lowest BCUT2D eigenvalue weighted by molar-refractivity contribution is 0.758. The summed E-state index contributed by atoms with van der Waals surface area (Å²) in [5, 5.41) is 4.89. The highest BCUT2D eigenvalue weighted by Gasteiger charge is 2.12. The molecule has 1 N–H and O–H groups in total.